The lowest BCUT2D eigenvalue weighted by Gasteiger charge is -2.13. The monoisotopic (exact) mass is 293 g/mol. The highest BCUT2D eigenvalue weighted by Gasteiger charge is 2.32. The van der Waals surface area contributed by atoms with Crippen LogP contribution in [-0.4, -0.2) is 51.1 Å². The summed E-state index contributed by atoms with van der Waals surface area (Å²) in [5, 5.41) is 7.18. The van der Waals surface area contributed by atoms with Gasteiger partial charge in [-0.25, -0.2) is 4.98 Å². The van der Waals surface area contributed by atoms with Crippen LogP contribution in [0, 0.1) is 19.8 Å². The highest BCUT2D eigenvalue weighted by molar-refractivity contribution is 5.89. The molecule has 7 nitrogen and oxygen atoms in total. The zero-order valence-corrected chi connectivity index (χ0v) is 12.9. The van der Waals surface area contributed by atoms with E-state index in [2.05, 4.69) is 15.4 Å². The number of nitrogens with zero attached hydrogens (tertiary/aromatic N) is 4. The first kappa shape index (κ1) is 15.5. The molecule has 21 heavy (non-hydrogen) atoms. The van der Waals surface area contributed by atoms with Gasteiger partial charge in [0.25, 0.3) is 0 Å². The second-order valence-corrected chi connectivity index (χ2v) is 5.41. The lowest BCUT2D eigenvalue weighted by molar-refractivity contribution is -0.128. The summed E-state index contributed by atoms with van der Waals surface area (Å²) in [5.41, 5.74) is 0. The van der Waals surface area contributed by atoms with Crippen molar-refractivity contribution in [3.05, 3.63) is 11.6 Å². The molecule has 2 amide bonds. The van der Waals surface area contributed by atoms with E-state index < -0.39 is 0 Å². The summed E-state index contributed by atoms with van der Waals surface area (Å²) in [6.45, 7) is 8.26. The Bertz CT molecular complexity index is 525. The Morgan fingerprint density at radius 2 is 2.19 bits per heavy atom. The van der Waals surface area contributed by atoms with Crippen LogP contribution in [0.4, 0.5) is 0 Å². The number of likely N-dealkylation sites (tertiary alicyclic amines) is 1. The van der Waals surface area contributed by atoms with Gasteiger partial charge < -0.3 is 10.2 Å². The summed E-state index contributed by atoms with van der Waals surface area (Å²) in [7, 11) is 0. The van der Waals surface area contributed by atoms with E-state index in [1.807, 2.05) is 25.5 Å². The Morgan fingerprint density at radius 1 is 1.43 bits per heavy atom. The molecule has 0 unspecified atom stereocenters. The lowest BCUT2D eigenvalue weighted by Crippen LogP contribution is -2.33. The molecule has 1 fully saturated rings. The van der Waals surface area contributed by atoms with Crippen LogP contribution in [0.3, 0.4) is 0 Å². The summed E-state index contributed by atoms with van der Waals surface area (Å²) in [6, 6.07) is 0. The number of rotatable bonds is 6. The van der Waals surface area contributed by atoms with Crippen LogP contribution in [0.15, 0.2) is 0 Å². The average Bonchev–Trinajstić information content (AvgIpc) is 2.97. The van der Waals surface area contributed by atoms with E-state index >= 15 is 0 Å². The van der Waals surface area contributed by atoms with Gasteiger partial charge in [-0.2, -0.15) is 5.10 Å². The predicted molar refractivity (Wildman–Crippen MR) is 77.5 cm³/mol. The van der Waals surface area contributed by atoms with Crippen molar-refractivity contribution in [2.75, 3.05) is 19.6 Å². The third kappa shape index (κ3) is 3.80. The molecule has 1 aliphatic rings. The first-order chi connectivity index (χ1) is 10.0. The topological polar surface area (TPSA) is 80.1 Å². The first-order valence-corrected chi connectivity index (χ1v) is 7.44. The number of carbonyl (C=O) groups excluding carboxylic acids is 2. The molecule has 1 aromatic heterocycles. The van der Waals surface area contributed by atoms with Gasteiger partial charge in [0.05, 0.1) is 5.92 Å². The summed E-state index contributed by atoms with van der Waals surface area (Å²) >= 11 is 0. The molecule has 0 bridgehead atoms. The maximum Gasteiger partial charge on any atom is 0.225 e. The van der Waals surface area contributed by atoms with Gasteiger partial charge in [-0.1, -0.05) is 0 Å². The second-order valence-electron chi connectivity index (χ2n) is 5.41. The van der Waals surface area contributed by atoms with E-state index in [-0.39, 0.29) is 17.7 Å². The Balaban J connectivity index is 1.70. The molecule has 116 valence electrons. The molecule has 1 atom stereocenters. The summed E-state index contributed by atoms with van der Waals surface area (Å²) in [5.74, 6) is 1.50. The van der Waals surface area contributed by atoms with Crippen molar-refractivity contribution in [3.8, 4) is 0 Å². The van der Waals surface area contributed by atoms with Crippen molar-refractivity contribution >= 4 is 11.8 Å². The minimum atomic E-state index is -0.201. The van der Waals surface area contributed by atoms with Crippen LogP contribution in [0.2, 0.25) is 0 Å². The highest BCUT2D eigenvalue weighted by atomic mass is 16.2. The van der Waals surface area contributed by atoms with E-state index in [9.17, 15) is 9.59 Å². The molecule has 0 radical (unpaired) electrons. The van der Waals surface area contributed by atoms with Crippen molar-refractivity contribution < 1.29 is 9.59 Å². The normalized spacial score (nSPS) is 18.3. The molecule has 1 N–H and O–H groups in total. The summed E-state index contributed by atoms with van der Waals surface area (Å²) in [4.78, 5) is 29.6. The van der Waals surface area contributed by atoms with Crippen molar-refractivity contribution in [2.45, 2.75) is 40.2 Å². The van der Waals surface area contributed by atoms with Gasteiger partial charge in [0.2, 0.25) is 11.8 Å². The van der Waals surface area contributed by atoms with Crippen LogP contribution < -0.4 is 5.32 Å². The van der Waals surface area contributed by atoms with Crippen molar-refractivity contribution in [1.29, 1.82) is 0 Å². The zero-order chi connectivity index (χ0) is 15.4. The number of carbonyl (C=O) groups is 2. The van der Waals surface area contributed by atoms with E-state index in [1.54, 1.807) is 4.90 Å². The second kappa shape index (κ2) is 6.69. The average molecular weight is 293 g/mol. The maximum absolute atomic E-state index is 12.0. The van der Waals surface area contributed by atoms with Gasteiger partial charge in [0, 0.05) is 32.6 Å². The molecular formula is C14H23N5O2. The van der Waals surface area contributed by atoms with Gasteiger partial charge >= 0.3 is 0 Å². The fourth-order valence-corrected chi connectivity index (χ4v) is 2.61. The Kier molecular flexibility index (Phi) is 4.93. The molecule has 2 rings (SSSR count). The van der Waals surface area contributed by atoms with Crippen LogP contribution in [-0.2, 0) is 16.1 Å². The smallest absolute Gasteiger partial charge is 0.225 e. The van der Waals surface area contributed by atoms with E-state index in [0.29, 0.717) is 26.1 Å². The number of aromatic nitrogens is 3. The highest BCUT2D eigenvalue weighted by Crippen LogP contribution is 2.17. The van der Waals surface area contributed by atoms with Crippen molar-refractivity contribution in [2.24, 2.45) is 5.92 Å². The number of nitrogens with one attached hydrogen (secondary N) is 1. The predicted octanol–water partition coefficient (Wildman–Crippen LogP) is 0.270. The van der Waals surface area contributed by atoms with Crippen LogP contribution >= 0.6 is 0 Å². The van der Waals surface area contributed by atoms with Crippen LogP contribution in [0.1, 0.15) is 31.4 Å². The van der Waals surface area contributed by atoms with Gasteiger partial charge in [-0.05, 0) is 27.2 Å². The molecule has 7 heteroatoms. The number of hydrogen-bond donors (Lipinski definition) is 1. The molecule has 2 heterocycles. The SMILES string of the molecule is CCN1C[C@@H](C(=O)NCCCn2nc(C)nc2C)CC1=O. The molecule has 0 aliphatic carbocycles. The van der Waals surface area contributed by atoms with Crippen molar-refractivity contribution in [3.63, 3.8) is 0 Å². The standard InChI is InChI=1S/C14H23N5O2/c1-4-18-9-12(8-13(18)20)14(21)15-6-5-7-19-11(3)16-10(2)17-19/h12H,4-9H2,1-3H3,(H,15,21)/t12-/m0/s1. The molecule has 0 saturated carbocycles. The van der Waals surface area contributed by atoms with Crippen LogP contribution in [0.5, 0.6) is 0 Å². The van der Waals surface area contributed by atoms with Gasteiger partial charge in [0.15, 0.2) is 0 Å². The molecule has 1 saturated heterocycles. The molecule has 1 aromatic rings. The third-order valence-electron chi connectivity index (χ3n) is 3.78. The number of hydrogen-bond acceptors (Lipinski definition) is 4. The quantitative estimate of drug-likeness (QED) is 0.763. The molecule has 0 spiro atoms. The van der Waals surface area contributed by atoms with Crippen LogP contribution in [0.25, 0.3) is 0 Å². The Morgan fingerprint density at radius 3 is 2.76 bits per heavy atom. The number of aryl methyl sites for hydroxylation is 3. The number of amides is 2. The van der Waals surface area contributed by atoms with E-state index in [0.717, 1.165) is 24.6 Å². The van der Waals surface area contributed by atoms with E-state index in [1.165, 1.54) is 0 Å². The Labute approximate surface area is 124 Å². The van der Waals surface area contributed by atoms with Gasteiger partial charge in [0.1, 0.15) is 11.6 Å². The molecule has 1 aliphatic heterocycles. The fourth-order valence-electron chi connectivity index (χ4n) is 2.61. The van der Waals surface area contributed by atoms with Gasteiger partial charge in [-0.3, -0.25) is 14.3 Å². The third-order valence-corrected chi connectivity index (χ3v) is 3.78. The largest absolute Gasteiger partial charge is 0.356 e. The minimum absolute atomic E-state index is 0.0224. The Hall–Kier alpha value is -1.92. The molecule has 0 aromatic carbocycles. The zero-order valence-electron chi connectivity index (χ0n) is 12.9. The fraction of sp³-hybridized carbons (Fsp3) is 0.714. The molecular weight excluding hydrogens is 270 g/mol. The van der Waals surface area contributed by atoms with Gasteiger partial charge in [-0.15, -0.1) is 0 Å². The summed E-state index contributed by atoms with van der Waals surface area (Å²) in [6.07, 6.45) is 1.13. The van der Waals surface area contributed by atoms with Crippen molar-refractivity contribution in [1.82, 2.24) is 25.0 Å². The lowest BCUT2D eigenvalue weighted by atomic mass is 10.1. The summed E-state index contributed by atoms with van der Waals surface area (Å²) < 4.78 is 1.85. The first-order valence-electron chi connectivity index (χ1n) is 7.44. The minimum Gasteiger partial charge on any atom is -0.356 e. The maximum atomic E-state index is 12.0. The van der Waals surface area contributed by atoms with E-state index in [4.69, 9.17) is 0 Å².